The van der Waals surface area contributed by atoms with Gasteiger partial charge in [0, 0.05) is 37.1 Å². The summed E-state index contributed by atoms with van der Waals surface area (Å²) in [5.74, 6) is 3.64. The maximum absolute atomic E-state index is 4.46. The molecule has 3 nitrogen and oxygen atoms in total. The summed E-state index contributed by atoms with van der Waals surface area (Å²) < 4.78 is 0. The Morgan fingerprint density at radius 2 is 2.33 bits per heavy atom. The third kappa shape index (κ3) is 4.18. The van der Waals surface area contributed by atoms with Crippen molar-refractivity contribution in [1.82, 2.24) is 9.88 Å². The van der Waals surface area contributed by atoms with E-state index in [1.807, 2.05) is 12.3 Å². The van der Waals surface area contributed by atoms with E-state index < -0.39 is 0 Å². The Kier molecular flexibility index (Phi) is 5.81. The molecule has 1 N–H and O–H groups in total. The van der Waals surface area contributed by atoms with Crippen LogP contribution in [0, 0.1) is 0 Å². The molecule has 1 fully saturated rings. The van der Waals surface area contributed by atoms with Crippen LogP contribution in [0.2, 0.25) is 0 Å². The summed E-state index contributed by atoms with van der Waals surface area (Å²) in [5.41, 5.74) is 1.33. The molecule has 0 atom stereocenters. The van der Waals surface area contributed by atoms with Gasteiger partial charge in [-0.2, -0.15) is 11.8 Å². The van der Waals surface area contributed by atoms with Gasteiger partial charge in [-0.25, -0.2) is 4.98 Å². The van der Waals surface area contributed by atoms with E-state index >= 15 is 0 Å². The molecule has 1 saturated heterocycles. The monoisotopic (exact) mass is 265 g/mol. The fourth-order valence-corrected chi connectivity index (χ4v) is 3.09. The fourth-order valence-electron chi connectivity index (χ4n) is 2.17. The lowest BCUT2D eigenvalue weighted by atomic mass is 10.2. The largest absolute Gasteiger partial charge is 0.370 e. The van der Waals surface area contributed by atoms with Crippen molar-refractivity contribution in [2.75, 3.05) is 36.5 Å². The molecule has 18 heavy (non-hydrogen) atoms. The molecule has 0 bridgehead atoms. The highest BCUT2D eigenvalue weighted by Crippen LogP contribution is 2.17. The molecule has 0 saturated carbocycles. The van der Waals surface area contributed by atoms with E-state index in [0.717, 1.165) is 25.3 Å². The third-order valence-corrected chi connectivity index (χ3v) is 4.19. The highest BCUT2D eigenvalue weighted by Gasteiger charge is 2.11. The number of nitrogens with zero attached hydrogens (tertiary/aromatic N) is 2. The topological polar surface area (TPSA) is 28.2 Å². The molecule has 100 valence electrons. The normalized spacial score (nSPS) is 17.4. The summed E-state index contributed by atoms with van der Waals surface area (Å²) in [6.45, 7) is 6.63. The Bertz CT molecular complexity index is 349. The van der Waals surface area contributed by atoms with E-state index in [1.165, 1.54) is 36.6 Å². The van der Waals surface area contributed by atoms with E-state index in [9.17, 15) is 0 Å². The van der Waals surface area contributed by atoms with Gasteiger partial charge in [-0.1, -0.05) is 13.0 Å². The molecule has 0 aliphatic carbocycles. The van der Waals surface area contributed by atoms with Gasteiger partial charge in [0.25, 0.3) is 0 Å². The number of pyridine rings is 1. The predicted octanol–water partition coefficient (Wildman–Crippen LogP) is 2.84. The standard InChI is InChI=1S/C14H23N3S/c1-2-6-15-14-13(5-3-7-16-14)12-17-8-4-10-18-11-9-17/h3,5,7H,2,4,6,8-12H2,1H3,(H,15,16). The summed E-state index contributed by atoms with van der Waals surface area (Å²) in [4.78, 5) is 7.01. The van der Waals surface area contributed by atoms with E-state index in [2.05, 4.69) is 40.0 Å². The van der Waals surface area contributed by atoms with Crippen molar-refractivity contribution in [2.45, 2.75) is 26.3 Å². The summed E-state index contributed by atoms with van der Waals surface area (Å²) in [7, 11) is 0. The van der Waals surface area contributed by atoms with Crippen molar-refractivity contribution >= 4 is 17.6 Å². The first-order valence-corrected chi connectivity index (χ1v) is 8.03. The minimum Gasteiger partial charge on any atom is -0.370 e. The van der Waals surface area contributed by atoms with Crippen LogP contribution in [0.3, 0.4) is 0 Å². The Morgan fingerprint density at radius 3 is 3.22 bits per heavy atom. The van der Waals surface area contributed by atoms with Crippen LogP contribution in [0.15, 0.2) is 18.3 Å². The van der Waals surface area contributed by atoms with Crippen LogP contribution in [0.5, 0.6) is 0 Å². The zero-order valence-electron chi connectivity index (χ0n) is 11.2. The maximum Gasteiger partial charge on any atom is 0.130 e. The van der Waals surface area contributed by atoms with Crippen LogP contribution < -0.4 is 5.32 Å². The first-order valence-electron chi connectivity index (χ1n) is 6.88. The van der Waals surface area contributed by atoms with Crippen LogP contribution in [0.25, 0.3) is 0 Å². The summed E-state index contributed by atoms with van der Waals surface area (Å²) >= 11 is 2.08. The average Bonchev–Trinajstić information content (AvgIpc) is 2.66. The lowest BCUT2D eigenvalue weighted by Gasteiger charge is -2.21. The molecule has 1 aliphatic heterocycles. The van der Waals surface area contributed by atoms with Crippen LogP contribution in [-0.2, 0) is 6.54 Å². The van der Waals surface area contributed by atoms with Crippen molar-refractivity contribution in [2.24, 2.45) is 0 Å². The van der Waals surface area contributed by atoms with Gasteiger partial charge < -0.3 is 5.32 Å². The SMILES string of the molecule is CCCNc1ncccc1CN1CCCSCC1. The molecular weight excluding hydrogens is 242 g/mol. The van der Waals surface area contributed by atoms with Crippen LogP contribution in [-0.4, -0.2) is 41.0 Å². The smallest absolute Gasteiger partial charge is 0.130 e. The second-order valence-electron chi connectivity index (χ2n) is 4.68. The molecule has 0 aromatic carbocycles. The molecule has 1 aromatic heterocycles. The van der Waals surface area contributed by atoms with Gasteiger partial charge in [0.2, 0.25) is 0 Å². The van der Waals surface area contributed by atoms with Crippen molar-refractivity contribution in [3.63, 3.8) is 0 Å². The Morgan fingerprint density at radius 1 is 1.39 bits per heavy atom. The van der Waals surface area contributed by atoms with Gasteiger partial charge in [0.1, 0.15) is 5.82 Å². The second kappa shape index (κ2) is 7.64. The molecule has 2 heterocycles. The van der Waals surface area contributed by atoms with Gasteiger partial charge in [-0.15, -0.1) is 0 Å². The van der Waals surface area contributed by atoms with Crippen molar-refractivity contribution < 1.29 is 0 Å². The van der Waals surface area contributed by atoms with Crippen LogP contribution in [0.4, 0.5) is 5.82 Å². The third-order valence-electron chi connectivity index (χ3n) is 3.14. The van der Waals surface area contributed by atoms with E-state index in [4.69, 9.17) is 0 Å². The Hall–Kier alpha value is -0.740. The lowest BCUT2D eigenvalue weighted by molar-refractivity contribution is 0.287. The number of nitrogens with one attached hydrogen (secondary N) is 1. The van der Waals surface area contributed by atoms with Crippen LogP contribution in [0.1, 0.15) is 25.3 Å². The first-order chi connectivity index (χ1) is 8.90. The number of rotatable bonds is 5. The summed E-state index contributed by atoms with van der Waals surface area (Å²) in [5, 5.41) is 3.43. The highest BCUT2D eigenvalue weighted by molar-refractivity contribution is 7.99. The van der Waals surface area contributed by atoms with Gasteiger partial charge in [0.15, 0.2) is 0 Å². The number of aromatic nitrogens is 1. The van der Waals surface area contributed by atoms with Crippen molar-refractivity contribution in [1.29, 1.82) is 0 Å². The minimum absolute atomic E-state index is 1.000. The van der Waals surface area contributed by atoms with E-state index in [1.54, 1.807) is 0 Å². The fraction of sp³-hybridized carbons (Fsp3) is 0.643. The number of hydrogen-bond donors (Lipinski definition) is 1. The minimum atomic E-state index is 1.000. The van der Waals surface area contributed by atoms with Gasteiger partial charge in [-0.3, -0.25) is 4.90 Å². The first kappa shape index (κ1) is 13.7. The van der Waals surface area contributed by atoms with Gasteiger partial charge in [-0.05, 0) is 31.2 Å². The predicted molar refractivity (Wildman–Crippen MR) is 80.2 cm³/mol. The zero-order valence-corrected chi connectivity index (χ0v) is 12.0. The van der Waals surface area contributed by atoms with Gasteiger partial charge in [0.05, 0.1) is 0 Å². The summed E-state index contributed by atoms with van der Waals surface area (Å²) in [6, 6.07) is 4.24. The molecule has 0 spiro atoms. The van der Waals surface area contributed by atoms with Gasteiger partial charge >= 0.3 is 0 Å². The lowest BCUT2D eigenvalue weighted by Crippen LogP contribution is -2.26. The molecule has 2 rings (SSSR count). The molecular formula is C14H23N3S. The molecule has 4 heteroatoms. The van der Waals surface area contributed by atoms with Crippen molar-refractivity contribution in [3.8, 4) is 0 Å². The number of hydrogen-bond acceptors (Lipinski definition) is 4. The maximum atomic E-state index is 4.46. The Balaban J connectivity index is 1.98. The van der Waals surface area contributed by atoms with E-state index in [-0.39, 0.29) is 0 Å². The average molecular weight is 265 g/mol. The van der Waals surface area contributed by atoms with Crippen LogP contribution >= 0.6 is 11.8 Å². The zero-order chi connectivity index (χ0) is 12.6. The molecule has 0 radical (unpaired) electrons. The number of thioether (sulfide) groups is 1. The number of anilines is 1. The molecule has 0 unspecified atom stereocenters. The molecule has 0 amide bonds. The molecule has 1 aromatic rings. The van der Waals surface area contributed by atoms with E-state index in [0.29, 0.717) is 0 Å². The highest BCUT2D eigenvalue weighted by atomic mass is 32.2. The second-order valence-corrected chi connectivity index (χ2v) is 5.90. The molecule has 1 aliphatic rings. The summed E-state index contributed by atoms with van der Waals surface area (Å²) in [6.07, 6.45) is 4.32. The van der Waals surface area contributed by atoms with Crippen molar-refractivity contribution in [3.05, 3.63) is 23.9 Å². The Labute approximate surface area is 114 Å². The quantitative estimate of drug-likeness (QED) is 0.886.